The van der Waals surface area contributed by atoms with E-state index >= 15 is 0 Å². The summed E-state index contributed by atoms with van der Waals surface area (Å²) in [5.74, 6) is -1.93. The minimum atomic E-state index is -3.05. The van der Waals surface area contributed by atoms with Crippen LogP contribution in [0.4, 0.5) is 8.78 Å². The van der Waals surface area contributed by atoms with Crippen molar-refractivity contribution in [1.29, 1.82) is 0 Å². The second-order valence-corrected chi connectivity index (χ2v) is 5.08. The Morgan fingerprint density at radius 3 is 2.28 bits per heavy atom. The molecule has 0 radical (unpaired) electrons. The third kappa shape index (κ3) is 5.30. The fraction of sp³-hybridized carbons (Fsp3) is 0.400. The first kappa shape index (κ1) is 18.4. The van der Waals surface area contributed by atoms with E-state index in [0.29, 0.717) is 5.56 Å². The number of carbonyl (C=O) groups excluding carboxylic acids is 2. The molecule has 0 heterocycles. The third-order valence-corrected chi connectivity index (χ3v) is 3.19. The second-order valence-electron chi connectivity index (χ2n) is 5.08. The van der Waals surface area contributed by atoms with Gasteiger partial charge in [0.1, 0.15) is 0 Å². The minimum Gasteiger partial charge on any atom is -0.493 e. The van der Waals surface area contributed by atoms with E-state index in [1.165, 1.54) is 32.6 Å². The Labute approximate surface area is 142 Å². The lowest BCUT2D eigenvalue weighted by atomic mass is 10.2. The number of nitrogens with one attached hydrogen (secondary N) is 2. The number of halogens is 2. The van der Waals surface area contributed by atoms with Crippen molar-refractivity contribution in [3.63, 3.8) is 0 Å². The number of hydrogen-bond donors (Lipinski definition) is 2. The fourth-order valence-electron chi connectivity index (χ4n) is 1.87. The number of benzene rings is 1. The van der Waals surface area contributed by atoms with Crippen molar-refractivity contribution in [3.8, 4) is 17.2 Å². The summed E-state index contributed by atoms with van der Waals surface area (Å²) in [6.07, 6.45) is 2.92. The molecule has 0 spiro atoms. The van der Waals surface area contributed by atoms with Crippen LogP contribution < -0.4 is 25.0 Å². The molecule has 10 heteroatoms. The van der Waals surface area contributed by atoms with Gasteiger partial charge < -0.3 is 19.5 Å². The number of methoxy groups -OCH3 is 2. The molecule has 1 aliphatic rings. The fourth-order valence-corrected chi connectivity index (χ4v) is 1.87. The van der Waals surface area contributed by atoms with E-state index in [1.807, 2.05) is 0 Å². The van der Waals surface area contributed by atoms with Crippen molar-refractivity contribution in [3.05, 3.63) is 17.7 Å². The Hall–Kier alpha value is -2.91. The average molecular weight is 357 g/mol. The molecular formula is C15H17F2N3O5. The number of ether oxygens (including phenoxy) is 3. The summed E-state index contributed by atoms with van der Waals surface area (Å²) in [7, 11) is 2.55. The van der Waals surface area contributed by atoms with Crippen molar-refractivity contribution in [2.75, 3.05) is 14.2 Å². The van der Waals surface area contributed by atoms with Crippen LogP contribution in [0.2, 0.25) is 0 Å². The van der Waals surface area contributed by atoms with Gasteiger partial charge in [0.2, 0.25) is 5.75 Å². The lowest BCUT2D eigenvalue weighted by Crippen LogP contribution is -2.38. The molecule has 1 aromatic rings. The van der Waals surface area contributed by atoms with Gasteiger partial charge in [0.25, 0.3) is 0 Å². The molecule has 1 saturated carbocycles. The first-order valence-electron chi connectivity index (χ1n) is 7.29. The molecule has 1 aliphatic carbocycles. The zero-order valence-electron chi connectivity index (χ0n) is 13.5. The molecule has 0 bridgehead atoms. The number of amides is 2. The SMILES string of the molecule is COc1cc(/C=N\NC(=O)C(=O)NC2CC2)cc(OC)c1OC(F)F. The van der Waals surface area contributed by atoms with E-state index in [2.05, 4.69) is 20.6 Å². The lowest BCUT2D eigenvalue weighted by molar-refractivity contribution is -0.139. The predicted octanol–water partition coefficient (Wildman–Crippen LogP) is 1.03. The monoisotopic (exact) mass is 357 g/mol. The maximum absolute atomic E-state index is 12.5. The third-order valence-electron chi connectivity index (χ3n) is 3.19. The van der Waals surface area contributed by atoms with Crippen LogP contribution >= 0.6 is 0 Å². The van der Waals surface area contributed by atoms with Gasteiger partial charge in [-0.25, -0.2) is 5.43 Å². The van der Waals surface area contributed by atoms with Gasteiger partial charge in [-0.15, -0.1) is 0 Å². The Morgan fingerprint density at radius 2 is 1.80 bits per heavy atom. The van der Waals surface area contributed by atoms with Crippen LogP contribution in [-0.4, -0.2) is 44.9 Å². The summed E-state index contributed by atoms with van der Waals surface area (Å²) in [6, 6.07) is 2.78. The van der Waals surface area contributed by atoms with Gasteiger partial charge in [0.15, 0.2) is 11.5 Å². The molecule has 25 heavy (non-hydrogen) atoms. The maximum atomic E-state index is 12.5. The van der Waals surface area contributed by atoms with Crippen molar-refractivity contribution >= 4 is 18.0 Å². The number of rotatable bonds is 7. The summed E-state index contributed by atoms with van der Waals surface area (Å²) in [5, 5.41) is 6.16. The molecule has 1 aromatic carbocycles. The van der Waals surface area contributed by atoms with Gasteiger partial charge in [0.05, 0.1) is 20.4 Å². The van der Waals surface area contributed by atoms with Crippen LogP contribution in [0.3, 0.4) is 0 Å². The van der Waals surface area contributed by atoms with E-state index in [9.17, 15) is 18.4 Å². The summed E-state index contributed by atoms with van der Waals surface area (Å²) in [6.45, 7) is -3.05. The maximum Gasteiger partial charge on any atom is 0.387 e. The number of carbonyl (C=O) groups is 2. The predicted molar refractivity (Wildman–Crippen MR) is 83.1 cm³/mol. The van der Waals surface area contributed by atoms with E-state index in [-0.39, 0.29) is 23.3 Å². The smallest absolute Gasteiger partial charge is 0.387 e. The van der Waals surface area contributed by atoms with Crippen molar-refractivity contribution < 1.29 is 32.6 Å². The normalized spacial score (nSPS) is 13.6. The summed E-state index contributed by atoms with van der Waals surface area (Å²) >= 11 is 0. The highest BCUT2D eigenvalue weighted by Gasteiger charge is 2.26. The van der Waals surface area contributed by atoms with Crippen molar-refractivity contribution in [1.82, 2.24) is 10.7 Å². The first-order valence-corrected chi connectivity index (χ1v) is 7.29. The highest BCUT2D eigenvalue weighted by atomic mass is 19.3. The van der Waals surface area contributed by atoms with Crippen LogP contribution in [0.25, 0.3) is 0 Å². The standard InChI is InChI=1S/C15H17F2N3O5/c1-23-10-5-8(6-11(24-2)12(10)25-15(16)17)7-18-20-14(22)13(21)19-9-3-4-9/h5-7,9,15H,3-4H2,1-2H3,(H,19,21)(H,20,22)/b18-7-. The number of hydrogen-bond acceptors (Lipinski definition) is 6. The molecule has 2 amide bonds. The molecule has 0 aromatic heterocycles. The number of alkyl halides is 2. The zero-order valence-corrected chi connectivity index (χ0v) is 13.5. The molecule has 136 valence electrons. The summed E-state index contributed by atoms with van der Waals surface area (Å²) in [5.41, 5.74) is 2.44. The van der Waals surface area contributed by atoms with E-state index in [1.54, 1.807) is 0 Å². The van der Waals surface area contributed by atoms with Gasteiger partial charge in [-0.05, 0) is 25.0 Å². The average Bonchev–Trinajstić information content (AvgIpc) is 3.38. The van der Waals surface area contributed by atoms with Crippen molar-refractivity contribution in [2.45, 2.75) is 25.5 Å². The highest BCUT2D eigenvalue weighted by Crippen LogP contribution is 2.39. The minimum absolute atomic E-state index is 0.00102. The van der Waals surface area contributed by atoms with Crippen molar-refractivity contribution in [2.24, 2.45) is 5.10 Å². The molecule has 0 aliphatic heterocycles. The molecule has 0 saturated heterocycles. The number of hydrazone groups is 1. The Morgan fingerprint density at radius 1 is 1.20 bits per heavy atom. The second kappa shape index (κ2) is 8.27. The lowest BCUT2D eigenvalue weighted by Gasteiger charge is -2.14. The highest BCUT2D eigenvalue weighted by molar-refractivity contribution is 6.35. The van der Waals surface area contributed by atoms with Crippen LogP contribution in [0, 0.1) is 0 Å². The van der Waals surface area contributed by atoms with Gasteiger partial charge >= 0.3 is 18.4 Å². The Bertz CT molecular complexity index is 652. The first-order chi connectivity index (χ1) is 11.9. The van der Waals surface area contributed by atoms with E-state index in [0.717, 1.165) is 12.8 Å². The van der Waals surface area contributed by atoms with Crippen LogP contribution in [0.5, 0.6) is 17.2 Å². The molecule has 1 fully saturated rings. The zero-order chi connectivity index (χ0) is 18.4. The summed E-state index contributed by atoms with van der Waals surface area (Å²) < 4.78 is 39.3. The van der Waals surface area contributed by atoms with Crippen LogP contribution in [0.1, 0.15) is 18.4 Å². The number of nitrogens with zero attached hydrogens (tertiary/aromatic N) is 1. The molecule has 2 rings (SSSR count). The molecular weight excluding hydrogens is 340 g/mol. The van der Waals surface area contributed by atoms with Crippen LogP contribution in [-0.2, 0) is 9.59 Å². The molecule has 2 N–H and O–H groups in total. The quantitative estimate of drug-likeness (QED) is 0.432. The van der Waals surface area contributed by atoms with Gasteiger partial charge in [-0.2, -0.15) is 13.9 Å². The van der Waals surface area contributed by atoms with Crippen LogP contribution in [0.15, 0.2) is 17.2 Å². The topological polar surface area (TPSA) is 98.2 Å². The van der Waals surface area contributed by atoms with Gasteiger partial charge in [-0.1, -0.05) is 0 Å². The van der Waals surface area contributed by atoms with E-state index < -0.39 is 18.4 Å². The van der Waals surface area contributed by atoms with Gasteiger partial charge in [-0.3, -0.25) is 9.59 Å². The molecule has 0 atom stereocenters. The largest absolute Gasteiger partial charge is 0.493 e. The summed E-state index contributed by atoms with van der Waals surface area (Å²) in [4.78, 5) is 23.0. The Kier molecular flexibility index (Phi) is 6.09. The van der Waals surface area contributed by atoms with Gasteiger partial charge in [0, 0.05) is 11.6 Å². The molecule has 8 nitrogen and oxygen atoms in total. The molecule has 0 unspecified atom stereocenters. The Balaban J connectivity index is 2.07. The van der Waals surface area contributed by atoms with E-state index in [4.69, 9.17) is 9.47 Å².